The average molecular weight is 311 g/mol. The molecule has 4 heteroatoms. The predicted octanol–water partition coefficient (Wildman–Crippen LogP) is 3.98. The minimum atomic E-state index is -0.203. The zero-order valence-corrected chi connectivity index (χ0v) is 13.4. The summed E-state index contributed by atoms with van der Waals surface area (Å²) in [6.07, 6.45) is 6.28. The van der Waals surface area contributed by atoms with Crippen LogP contribution < -0.4 is 5.32 Å². The zero-order chi connectivity index (χ0) is 14.9. The van der Waals surface area contributed by atoms with E-state index in [0.29, 0.717) is 11.1 Å². The van der Waals surface area contributed by atoms with Gasteiger partial charge in [-0.1, -0.05) is 24.4 Å². The number of nitrogens with one attached hydrogen (secondary N) is 1. The highest BCUT2D eigenvalue weighted by Gasteiger charge is 2.38. The van der Waals surface area contributed by atoms with Crippen molar-refractivity contribution in [2.45, 2.75) is 57.2 Å². The largest absolute Gasteiger partial charge is 0.310 e. The van der Waals surface area contributed by atoms with Crippen LogP contribution in [0.15, 0.2) is 18.2 Å². The summed E-state index contributed by atoms with van der Waals surface area (Å²) in [6.45, 7) is 5.12. The number of hydrogen-bond acceptors (Lipinski definition) is 2. The molecule has 3 rings (SSSR count). The first-order chi connectivity index (χ1) is 10.1. The van der Waals surface area contributed by atoms with E-state index in [1.165, 1.54) is 31.7 Å². The first-order valence-corrected chi connectivity index (χ1v) is 8.39. The highest BCUT2D eigenvalue weighted by Crippen LogP contribution is 2.33. The standard InChI is InChI=1S/C17H24ClFN2/c1-13-6-9-20-17(7-2-3-8-17)12-21(13)11-14-10-15(19)4-5-16(14)18/h4-5,10,13,20H,2-3,6-9,11-12H2,1H3. The lowest BCUT2D eigenvalue weighted by molar-refractivity contribution is 0.160. The number of hydrogen-bond donors (Lipinski definition) is 1. The van der Waals surface area contributed by atoms with Crippen LogP contribution in [0.5, 0.6) is 0 Å². The van der Waals surface area contributed by atoms with Crippen molar-refractivity contribution < 1.29 is 4.39 Å². The fourth-order valence-corrected chi connectivity index (χ4v) is 3.99. The van der Waals surface area contributed by atoms with Crippen LogP contribution in [-0.2, 0) is 6.54 Å². The summed E-state index contributed by atoms with van der Waals surface area (Å²) >= 11 is 6.25. The van der Waals surface area contributed by atoms with Crippen molar-refractivity contribution in [2.75, 3.05) is 13.1 Å². The Morgan fingerprint density at radius 3 is 2.90 bits per heavy atom. The number of halogens is 2. The molecule has 1 spiro atoms. The third kappa shape index (κ3) is 3.41. The van der Waals surface area contributed by atoms with Gasteiger partial charge in [0.05, 0.1) is 0 Å². The smallest absolute Gasteiger partial charge is 0.123 e. The van der Waals surface area contributed by atoms with Gasteiger partial charge in [0.25, 0.3) is 0 Å². The first kappa shape index (κ1) is 15.3. The van der Waals surface area contributed by atoms with Gasteiger partial charge < -0.3 is 5.32 Å². The Morgan fingerprint density at radius 1 is 1.38 bits per heavy atom. The Kier molecular flexibility index (Phi) is 4.53. The fourth-order valence-electron chi connectivity index (χ4n) is 3.81. The molecule has 1 atom stereocenters. The van der Waals surface area contributed by atoms with Gasteiger partial charge in [0.1, 0.15) is 5.82 Å². The molecule has 0 amide bonds. The summed E-state index contributed by atoms with van der Waals surface area (Å²) in [4.78, 5) is 2.48. The van der Waals surface area contributed by atoms with Gasteiger partial charge in [-0.05, 0) is 56.5 Å². The van der Waals surface area contributed by atoms with E-state index in [2.05, 4.69) is 17.1 Å². The van der Waals surface area contributed by atoms with Gasteiger partial charge in [0.2, 0.25) is 0 Å². The van der Waals surface area contributed by atoms with Crippen molar-refractivity contribution in [3.63, 3.8) is 0 Å². The van der Waals surface area contributed by atoms with E-state index in [-0.39, 0.29) is 11.4 Å². The van der Waals surface area contributed by atoms with E-state index < -0.39 is 0 Å². The van der Waals surface area contributed by atoms with Crippen LogP contribution in [0.3, 0.4) is 0 Å². The zero-order valence-electron chi connectivity index (χ0n) is 12.7. The second-order valence-electron chi connectivity index (χ2n) is 6.69. The Balaban J connectivity index is 1.79. The van der Waals surface area contributed by atoms with E-state index in [9.17, 15) is 4.39 Å². The molecule has 1 saturated carbocycles. The monoisotopic (exact) mass is 310 g/mol. The molecule has 0 radical (unpaired) electrons. The maximum absolute atomic E-state index is 13.5. The molecular formula is C17H24ClFN2. The SMILES string of the molecule is CC1CCNC2(CCCC2)CN1Cc1cc(F)ccc1Cl. The van der Waals surface area contributed by atoms with Gasteiger partial charge in [0, 0.05) is 29.7 Å². The predicted molar refractivity (Wildman–Crippen MR) is 85.1 cm³/mol. The van der Waals surface area contributed by atoms with Crippen molar-refractivity contribution in [2.24, 2.45) is 0 Å². The minimum Gasteiger partial charge on any atom is -0.310 e. The Labute approximate surface area is 131 Å². The second kappa shape index (κ2) is 6.23. The van der Waals surface area contributed by atoms with Crippen molar-refractivity contribution in [1.29, 1.82) is 0 Å². The summed E-state index contributed by atoms with van der Waals surface area (Å²) in [5, 5.41) is 4.45. The lowest BCUT2D eigenvalue weighted by Crippen LogP contribution is -2.50. The van der Waals surface area contributed by atoms with E-state index in [0.717, 1.165) is 31.6 Å². The third-order valence-electron chi connectivity index (χ3n) is 5.13. The topological polar surface area (TPSA) is 15.3 Å². The van der Waals surface area contributed by atoms with Crippen LogP contribution in [0.4, 0.5) is 4.39 Å². The number of benzene rings is 1. The summed E-state index contributed by atoms with van der Waals surface area (Å²) in [6, 6.07) is 5.17. The van der Waals surface area contributed by atoms with E-state index in [4.69, 9.17) is 11.6 Å². The van der Waals surface area contributed by atoms with Crippen LogP contribution in [0, 0.1) is 5.82 Å². The maximum atomic E-state index is 13.5. The second-order valence-corrected chi connectivity index (χ2v) is 7.10. The molecule has 1 heterocycles. The molecule has 2 aliphatic rings. The molecule has 2 fully saturated rings. The minimum absolute atomic E-state index is 0.203. The van der Waals surface area contributed by atoms with Crippen molar-refractivity contribution in [3.8, 4) is 0 Å². The molecule has 0 aromatic heterocycles. The van der Waals surface area contributed by atoms with Gasteiger partial charge in [-0.3, -0.25) is 4.90 Å². The maximum Gasteiger partial charge on any atom is 0.123 e. The molecule has 116 valence electrons. The van der Waals surface area contributed by atoms with Gasteiger partial charge in [-0.15, -0.1) is 0 Å². The summed E-state index contributed by atoms with van der Waals surface area (Å²) in [7, 11) is 0. The lowest BCUT2D eigenvalue weighted by atomic mass is 9.96. The molecule has 21 heavy (non-hydrogen) atoms. The highest BCUT2D eigenvalue weighted by molar-refractivity contribution is 6.31. The van der Waals surface area contributed by atoms with Crippen molar-refractivity contribution in [3.05, 3.63) is 34.6 Å². The molecule has 1 aliphatic heterocycles. The Morgan fingerprint density at radius 2 is 2.14 bits per heavy atom. The normalized spacial score (nSPS) is 26.1. The lowest BCUT2D eigenvalue weighted by Gasteiger charge is -2.35. The third-order valence-corrected chi connectivity index (χ3v) is 5.50. The van der Waals surface area contributed by atoms with E-state index in [1.807, 2.05) is 0 Å². The fraction of sp³-hybridized carbons (Fsp3) is 0.647. The van der Waals surface area contributed by atoms with Gasteiger partial charge in [0.15, 0.2) is 0 Å². The summed E-state index contributed by atoms with van der Waals surface area (Å²) in [5.41, 5.74) is 1.17. The van der Waals surface area contributed by atoms with E-state index in [1.54, 1.807) is 12.1 Å². The quantitative estimate of drug-likeness (QED) is 0.889. The van der Waals surface area contributed by atoms with E-state index >= 15 is 0 Å². The van der Waals surface area contributed by atoms with Crippen molar-refractivity contribution >= 4 is 11.6 Å². The van der Waals surface area contributed by atoms with Crippen molar-refractivity contribution in [1.82, 2.24) is 10.2 Å². The highest BCUT2D eigenvalue weighted by atomic mass is 35.5. The molecule has 0 bridgehead atoms. The molecule has 1 aliphatic carbocycles. The average Bonchev–Trinajstić information content (AvgIpc) is 2.84. The number of rotatable bonds is 2. The van der Waals surface area contributed by atoms with Gasteiger partial charge in [-0.25, -0.2) is 4.39 Å². The molecular weight excluding hydrogens is 287 g/mol. The van der Waals surface area contributed by atoms with Crippen LogP contribution >= 0.6 is 11.6 Å². The molecule has 1 aromatic carbocycles. The van der Waals surface area contributed by atoms with Crippen LogP contribution in [-0.4, -0.2) is 29.6 Å². The Bertz CT molecular complexity index is 500. The molecule has 1 saturated heterocycles. The summed E-state index contributed by atoms with van der Waals surface area (Å²) < 4.78 is 13.5. The van der Waals surface area contributed by atoms with Crippen LogP contribution in [0.25, 0.3) is 0 Å². The van der Waals surface area contributed by atoms with Gasteiger partial charge in [-0.2, -0.15) is 0 Å². The molecule has 1 N–H and O–H groups in total. The molecule has 1 aromatic rings. The van der Waals surface area contributed by atoms with Crippen LogP contribution in [0.1, 0.15) is 44.6 Å². The molecule has 1 unspecified atom stereocenters. The van der Waals surface area contributed by atoms with Crippen LogP contribution in [0.2, 0.25) is 5.02 Å². The Hall–Kier alpha value is -0.640. The summed E-state index contributed by atoms with van der Waals surface area (Å²) in [5.74, 6) is -0.203. The molecule has 2 nitrogen and oxygen atoms in total. The van der Waals surface area contributed by atoms with Gasteiger partial charge >= 0.3 is 0 Å². The first-order valence-electron chi connectivity index (χ1n) is 8.01. The number of nitrogens with zero attached hydrogens (tertiary/aromatic N) is 1.